The third-order valence-corrected chi connectivity index (χ3v) is 5.72. The van der Waals surface area contributed by atoms with Gasteiger partial charge in [-0.2, -0.15) is 0 Å². The number of halogens is 1. The average molecular weight is 484 g/mol. The quantitative estimate of drug-likeness (QED) is 0.252. The molecule has 0 aliphatic carbocycles. The zero-order valence-corrected chi connectivity index (χ0v) is 20.9. The molecule has 0 N–H and O–H groups in total. The molecule has 7 nitrogen and oxygen atoms in total. The number of benzene rings is 2. The van der Waals surface area contributed by atoms with Crippen molar-refractivity contribution in [3.63, 3.8) is 0 Å². The van der Waals surface area contributed by atoms with Crippen LogP contribution in [0.5, 0.6) is 11.5 Å². The van der Waals surface area contributed by atoms with Gasteiger partial charge in [0.2, 0.25) is 0 Å². The Kier molecular flexibility index (Phi) is 11.3. The summed E-state index contributed by atoms with van der Waals surface area (Å²) in [5, 5.41) is 0. The van der Waals surface area contributed by atoms with Crippen LogP contribution in [0, 0.1) is 0 Å². The Morgan fingerprint density at radius 3 is 2.52 bits per heavy atom. The van der Waals surface area contributed by atoms with Gasteiger partial charge in [0, 0.05) is 6.54 Å². The fourth-order valence-electron chi connectivity index (χ4n) is 3.17. The maximum absolute atomic E-state index is 13.8. The second kappa shape index (κ2) is 13.7. The molecule has 2 aromatic carbocycles. The molecule has 0 unspecified atom stereocenters. The van der Waals surface area contributed by atoms with Crippen molar-refractivity contribution in [1.29, 1.82) is 0 Å². The van der Waals surface area contributed by atoms with Gasteiger partial charge in [-0.1, -0.05) is 30.3 Å². The summed E-state index contributed by atoms with van der Waals surface area (Å²) in [7, 11) is 0.780. The maximum atomic E-state index is 13.8. The second-order valence-electron chi connectivity index (χ2n) is 8.15. The van der Waals surface area contributed by atoms with Gasteiger partial charge in [0.1, 0.15) is 24.2 Å². The van der Waals surface area contributed by atoms with E-state index in [1.165, 1.54) is 5.56 Å². The van der Waals surface area contributed by atoms with E-state index in [0.29, 0.717) is 6.54 Å². The molecule has 0 heterocycles. The average Bonchev–Trinajstić information content (AvgIpc) is 2.75. The number of hydrogen-bond donors (Lipinski definition) is 0. The number of rotatable bonds is 15. The molecule has 0 saturated heterocycles. The van der Waals surface area contributed by atoms with Gasteiger partial charge in [-0.3, -0.25) is 9.05 Å². The summed E-state index contributed by atoms with van der Waals surface area (Å²) in [6.45, 7) is 3.38. The van der Waals surface area contributed by atoms with E-state index in [1.807, 2.05) is 61.5 Å². The molecular weight excluding hydrogens is 448 g/mol. The minimum absolute atomic E-state index is 0.222. The Labute approximate surface area is 196 Å². The molecule has 2 aromatic rings. The number of hydrogen-bond acceptors (Lipinski definition) is 7. The topological polar surface area (TPSA) is 66.5 Å². The SMILES string of the molecule is COc1cccc(CCc2ccccc2OC[C@@H](CN(C)C)OCO[P@@](=O)(F)OC(C)C)c1. The van der Waals surface area contributed by atoms with E-state index < -0.39 is 26.9 Å². The summed E-state index contributed by atoms with van der Waals surface area (Å²) in [6, 6.07) is 15.8. The van der Waals surface area contributed by atoms with Crippen LogP contribution in [0.2, 0.25) is 0 Å². The Bertz CT molecular complexity index is 895. The normalized spacial score (nSPS) is 14.3. The number of para-hydroxylation sites is 1. The highest BCUT2D eigenvalue weighted by Gasteiger charge is 2.26. The molecule has 0 aliphatic heterocycles. The largest absolute Gasteiger partial charge is 0.515 e. The second-order valence-corrected chi connectivity index (χ2v) is 9.48. The zero-order valence-electron chi connectivity index (χ0n) is 20.0. The summed E-state index contributed by atoms with van der Waals surface area (Å²) < 4.78 is 51.8. The van der Waals surface area contributed by atoms with E-state index in [-0.39, 0.29) is 6.61 Å². The summed E-state index contributed by atoms with van der Waals surface area (Å²) in [5.74, 6) is 1.59. The van der Waals surface area contributed by atoms with Crippen LogP contribution in [-0.4, -0.2) is 58.3 Å². The van der Waals surface area contributed by atoms with E-state index in [4.69, 9.17) is 18.7 Å². The molecule has 0 bridgehead atoms. The van der Waals surface area contributed by atoms with Crippen LogP contribution in [0.3, 0.4) is 0 Å². The van der Waals surface area contributed by atoms with Gasteiger partial charge in [0.25, 0.3) is 0 Å². The van der Waals surface area contributed by atoms with Crippen LogP contribution in [0.4, 0.5) is 4.20 Å². The molecule has 0 radical (unpaired) electrons. The zero-order chi connectivity index (χ0) is 24.3. The minimum Gasteiger partial charge on any atom is -0.497 e. The lowest BCUT2D eigenvalue weighted by Gasteiger charge is -2.23. The van der Waals surface area contributed by atoms with Crippen molar-refractivity contribution in [2.24, 2.45) is 0 Å². The molecule has 9 heteroatoms. The van der Waals surface area contributed by atoms with Gasteiger partial charge in [-0.05, 0) is 70.1 Å². The molecule has 2 atom stereocenters. The number of nitrogens with zero attached hydrogens (tertiary/aromatic N) is 1. The van der Waals surface area contributed by atoms with Crippen molar-refractivity contribution in [2.45, 2.75) is 38.9 Å². The monoisotopic (exact) mass is 483 g/mol. The molecule has 0 fully saturated rings. The van der Waals surface area contributed by atoms with Crippen LogP contribution < -0.4 is 9.47 Å². The lowest BCUT2D eigenvalue weighted by atomic mass is 10.0. The fourth-order valence-corrected chi connectivity index (χ4v) is 3.92. The molecular formula is C24H35FNO6P. The smallest absolute Gasteiger partial charge is 0.497 e. The van der Waals surface area contributed by atoms with Gasteiger partial charge < -0.3 is 19.1 Å². The summed E-state index contributed by atoms with van der Waals surface area (Å²) in [6.07, 6.45) is 0.647. The van der Waals surface area contributed by atoms with Crippen LogP contribution in [-0.2, 0) is 31.2 Å². The van der Waals surface area contributed by atoms with Gasteiger partial charge in [0.15, 0.2) is 6.79 Å². The Morgan fingerprint density at radius 2 is 1.82 bits per heavy atom. The third-order valence-electron chi connectivity index (χ3n) is 4.63. The number of ether oxygens (including phenoxy) is 3. The van der Waals surface area contributed by atoms with Crippen molar-refractivity contribution >= 4 is 7.91 Å². The number of aryl methyl sites for hydroxylation is 2. The molecule has 2 rings (SSSR count). The summed E-state index contributed by atoms with van der Waals surface area (Å²) >= 11 is 0. The molecule has 33 heavy (non-hydrogen) atoms. The van der Waals surface area contributed by atoms with Gasteiger partial charge >= 0.3 is 7.91 Å². The van der Waals surface area contributed by atoms with Crippen molar-refractivity contribution in [3.05, 3.63) is 59.7 Å². The lowest BCUT2D eigenvalue weighted by Crippen LogP contribution is -2.34. The van der Waals surface area contributed by atoms with Gasteiger partial charge in [0.05, 0.1) is 13.2 Å². The third kappa shape index (κ3) is 10.7. The Balaban J connectivity index is 1.94. The Morgan fingerprint density at radius 1 is 1.06 bits per heavy atom. The van der Waals surface area contributed by atoms with E-state index in [1.54, 1.807) is 21.0 Å². The van der Waals surface area contributed by atoms with E-state index >= 15 is 0 Å². The highest BCUT2D eigenvalue weighted by molar-refractivity contribution is 7.48. The highest BCUT2D eigenvalue weighted by atomic mass is 31.2. The van der Waals surface area contributed by atoms with Crippen LogP contribution in [0.15, 0.2) is 48.5 Å². The molecule has 0 aliphatic rings. The first kappa shape index (κ1) is 27.3. The van der Waals surface area contributed by atoms with Crippen molar-refractivity contribution < 1.29 is 32.0 Å². The standard InChI is InChI=1S/C24H35FNO6P/c1-19(2)32-33(25,27)31-18-30-23(16-26(3)4)17-29-24-12-7-6-10-21(24)14-13-20-9-8-11-22(15-20)28-5/h6-12,15,19,23H,13-14,16-18H2,1-5H3/t23-,33+/m1/s1. The first-order chi connectivity index (χ1) is 15.7. The van der Waals surface area contributed by atoms with Gasteiger partial charge in [-0.15, -0.1) is 4.20 Å². The van der Waals surface area contributed by atoms with E-state index in [9.17, 15) is 8.76 Å². The van der Waals surface area contributed by atoms with E-state index in [0.717, 1.165) is 29.9 Å². The summed E-state index contributed by atoms with van der Waals surface area (Å²) in [4.78, 5) is 1.92. The predicted molar refractivity (Wildman–Crippen MR) is 127 cm³/mol. The molecule has 0 spiro atoms. The fraction of sp³-hybridized carbons (Fsp3) is 0.500. The first-order valence-electron chi connectivity index (χ1n) is 10.9. The molecule has 0 saturated carbocycles. The van der Waals surface area contributed by atoms with Crippen molar-refractivity contribution in [3.8, 4) is 11.5 Å². The molecule has 0 aromatic heterocycles. The van der Waals surface area contributed by atoms with Crippen LogP contribution in [0.1, 0.15) is 25.0 Å². The Hall–Kier alpha value is -1.96. The number of likely N-dealkylation sites (N-methyl/N-ethyl adjacent to an activating group) is 1. The first-order valence-corrected chi connectivity index (χ1v) is 12.3. The number of methoxy groups -OCH3 is 1. The molecule has 184 valence electrons. The molecule has 0 amide bonds. The minimum atomic E-state index is -4.66. The van der Waals surface area contributed by atoms with Crippen molar-refractivity contribution in [1.82, 2.24) is 4.90 Å². The van der Waals surface area contributed by atoms with E-state index in [2.05, 4.69) is 10.6 Å². The summed E-state index contributed by atoms with van der Waals surface area (Å²) in [5.41, 5.74) is 2.24. The maximum Gasteiger partial charge on any atom is 0.515 e. The van der Waals surface area contributed by atoms with Gasteiger partial charge in [-0.25, -0.2) is 4.57 Å². The van der Waals surface area contributed by atoms with Crippen LogP contribution in [0.25, 0.3) is 0 Å². The lowest BCUT2D eigenvalue weighted by molar-refractivity contribution is -0.0699. The van der Waals surface area contributed by atoms with Crippen molar-refractivity contribution in [2.75, 3.05) is 41.1 Å². The van der Waals surface area contributed by atoms with Crippen LogP contribution >= 0.6 is 7.91 Å². The predicted octanol–water partition coefficient (Wildman–Crippen LogP) is 5.28. The highest BCUT2D eigenvalue weighted by Crippen LogP contribution is 2.50.